The minimum absolute atomic E-state index is 0.260. The Morgan fingerprint density at radius 2 is 1.50 bits per heavy atom. The van der Waals surface area contributed by atoms with Crippen LogP contribution in [0.3, 0.4) is 0 Å². The number of amides is 1. The van der Waals surface area contributed by atoms with E-state index in [4.69, 9.17) is 0 Å². The lowest BCUT2D eigenvalue weighted by atomic mass is 9.79. The number of carbonyl (C=O) groups is 1. The molecular weight excluding hydrogens is 392 g/mol. The first-order chi connectivity index (χ1) is 11.9. The van der Waals surface area contributed by atoms with E-state index in [0.717, 1.165) is 15.6 Å². The summed E-state index contributed by atoms with van der Waals surface area (Å²) in [6.45, 7) is 12.2. The molecule has 2 rings (SSSR count). The van der Waals surface area contributed by atoms with Crippen LogP contribution in [0.15, 0.2) is 51.1 Å². The van der Waals surface area contributed by atoms with Crippen LogP contribution in [0.1, 0.15) is 63.0 Å². The van der Waals surface area contributed by atoms with Gasteiger partial charge in [-0.25, -0.2) is 0 Å². The molecule has 1 amide bonds. The number of benzene rings is 2. The third kappa shape index (κ3) is 4.79. The Labute approximate surface area is 163 Å². The van der Waals surface area contributed by atoms with Gasteiger partial charge in [0, 0.05) is 21.2 Å². The van der Waals surface area contributed by atoms with Gasteiger partial charge in [0.15, 0.2) is 0 Å². The Kier molecular flexibility index (Phi) is 5.71. The average Bonchev–Trinajstić information content (AvgIpc) is 2.51. The van der Waals surface area contributed by atoms with Gasteiger partial charge in [-0.2, -0.15) is 0 Å². The zero-order valence-corrected chi connectivity index (χ0v) is 17.7. The Bertz CT molecular complexity index is 824. The molecule has 1 N–H and O–H groups in total. The molecule has 0 aromatic heterocycles. The number of aromatic hydroxyl groups is 1. The summed E-state index contributed by atoms with van der Waals surface area (Å²) in [5.74, 6) is -0.128. The smallest absolute Gasteiger partial charge is 0.295 e. The van der Waals surface area contributed by atoms with Crippen molar-refractivity contribution in [3.63, 3.8) is 0 Å². The quantitative estimate of drug-likeness (QED) is 0.555. The molecule has 0 unspecified atom stereocenters. The molecule has 0 bridgehead atoms. The molecule has 138 valence electrons. The molecule has 0 heterocycles. The molecule has 5 heteroatoms. The van der Waals surface area contributed by atoms with Crippen molar-refractivity contribution in [2.75, 3.05) is 0 Å². The van der Waals surface area contributed by atoms with Gasteiger partial charge in [-0.05, 0) is 41.2 Å². The number of rotatable bonds is 2. The Morgan fingerprint density at radius 3 is 1.96 bits per heavy atom. The van der Waals surface area contributed by atoms with Gasteiger partial charge in [-0.3, -0.25) is 4.79 Å². The maximum absolute atomic E-state index is 12.3. The van der Waals surface area contributed by atoms with Crippen molar-refractivity contribution in [2.24, 2.45) is 10.2 Å². The highest BCUT2D eigenvalue weighted by atomic mass is 79.9. The number of hydrogen-bond donors (Lipinski definition) is 1. The van der Waals surface area contributed by atoms with Gasteiger partial charge < -0.3 is 5.11 Å². The van der Waals surface area contributed by atoms with Crippen LogP contribution in [-0.4, -0.2) is 11.0 Å². The third-order valence-corrected chi connectivity index (χ3v) is 4.53. The van der Waals surface area contributed by atoms with E-state index >= 15 is 0 Å². The molecule has 4 nitrogen and oxygen atoms in total. The first-order valence-electron chi connectivity index (χ1n) is 8.49. The Balaban J connectivity index is 2.47. The average molecular weight is 417 g/mol. The van der Waals surface area contributed by atoms with E-state index in [9.17, 15) is 9.90 Å². The summed E-state index contributed by atoms with van der Waals surface area (Å²) < 4.78 is 0.813. The van der Waals surface area contributed by atoms with E-state index in [1.165, 1.54) is 0 Å². The van der Waals surface area contributed by atoms with Gasteiger partial charge in [0.25, 0.3) is 5.91 Å². The summed E-state index contributed by atoms with van der Waals surface area (Å²) in [7, 11) is 0. The number of hydrogen-bond acceptors (Lipinski definition) is 3. The van der Waals surface area contributed by atoms with Gasteiger partial charge in [0.1, 0.15) is 5.75 Å². The fourth-order valence-corrected chi connectivity index (χ4v) is 3.00. The van der Waals surface area contributed by atoms with E-state index in [1.54, 1.807) is 30.3 Å². The number of phenolic OH excluding ortho intramolecular Hbond substituents is 1. The highest BCUT2D eigenvalue weighted by molar-refractivity contribution is 9.10. The van der Waals surface area contributed by atoms with Crippen molar-refractivity contribution >= 4 is 27.5 Å². The van der Waals surface area contributed by atoms with E-state index in [1.807, 2.05) is 47.6 Å². The molecule has 0 saturated carbocycles. The van der Waals surface area contributed by atoms with E-state index in [2.05, 4.69) is 26.2 Å². The van der Waals surface area contributed by atoms with Crippen molar-refractivity contribution in [3.05, 3.63) is 57.6 Å². The van der Waals surface area contributed by atoms with E-state index in [-0.39, 0.29) is 16.6 Å². The van der Waals surface area contributed by atoms with E-state index < -0.39 is 5.91 Å². The van der Waals surface area contributed by atoms with Crippen molar-refractivity contribution < 1.29 is 9.90 Å². The molecule has 0 aliphatic carbocycles. The molecule has 0 aliphatic rings. The van der Waals surface area contributed by atoms with Gasteiger partial charge in [0.05, 0.1) is 5.69 Å². The predicted molar refractivity (Wildman–Crippen MR) is 108 cm³/mol. The fraction of sp³-hybridized carbons (Fsp3) is 0.381. The van der Waals surface area contributed by atoms with Crippen molar-refractivity contribution in [3.8, 4) is 5.75 Å². The number of halogens is 1. The van der Waals surface area contributed by atoms with Crippen molar-refractivity contribution in [1.29, 1.82) is 0 Å². The molecular formula is C21H25BrN2O2. The van der Waals surface area contributed by atoms with Crippen LogP contribution in [0.4, 0.5) is 5.69 Å². The number of nitrogens with zero attached hydrogens (tertiary/aromatic N) is 2. The predicted octanol–water partition coefficient (Wildman–Crippen LogP) is 6.67. The van der Waals surface area contributed by atoms with Gasteiger partial charge in [-0.15, -0.1) is 10.2 Å². The van der Waals surface area contributed by atoms with Crippen molar-refractivity contribution in [1.82, 2.24) is 0 Å². The SMILES string of the molecule is CC(C)(C)c1cc(N=NC(=O)c2cccc(Br)c2)cc(C(C)(C)C)c1O. The minimum Gasteiger partial charge on any atom is -0.507 e. The Hall–Kier alpha value is -2.01. The second-order valence-corrected chi connectivity index (χ2v) is 9.32. The highest BCUT2D eigenvalue weighted by Gasteiger charge is 2.26. The normalized spacial score (nSPS) is 12.6. The van der Waals surface area contributed by atoms with Gasteiger partial charge in [-0.1, -0.05) is 63.5 Å². The van der Waals surface area contributed by atoms with Crippen LogP contribution in [0.2, 0.25) is 0 Å². The maximum Gasteiger partial charge on any atom is 0.295 e. The summed E-state index contributed by atoms with van der Waals surface area (Å²) in [6, 6.07) is 10.6. The molecule has 0 atom stereocenters. The lowest BCUT2D eigenvalue weighted by molar-refractivity contribution is 0.0995. The van der Waals surface area contributed by atoms with Gasteiger partial charge in [0.2, 0.25) is 0 Å². The zero-order valence-electron chi connectivity index (χ0n) is 16.1. The molecule has 0 fully saturated rings. The summed E-state index contributed by atoms with van der Waals surface area (Å²) in [5.41, 5.74) is 2.07. The monoisotopic (exact) mass is 416 g/mol. The summed E-state index contributed by atoms with van der Waals surface area (Å²) in [5, 5.41) is 18.7. The first kappa shape index (κ1) is 20.3. The van der Waals surface area contributed by atoms with Crippen LogP contribution >= 0.6 is 15.9 Å². The van der Waals surface area contributed by atoms with Crippen LogP contribution in [0.5, 0.6) is 5.75 Å². The second kappa shape index (κ2) is 7.31. The molecule has 0 spiro atoms. The largest absolute Gasteiger partial charge is 0.507 e. The zero-order chi connectivity index (χ0) is 19.7. The molecule has 0 aliphatic heterocycles. The summed E-state index contributed by atoms with van der Waals surface area (Å²) >= 11 is 3.34. The lowest BCUT2D eigenvalue weighted by Crippen LogP contribution is -2.16. The molecule has 26 heavy (non-hydrogen) atoms. The molecule has 2 aromatic rings. The lowest BCUT2D eigenvalue weighted by Gasteiger charge is -2.27. The first-order valence-corrected chi connectivity index (χ1v) is 9.28. The second-order valence-electron chi connectivity index (χ2n) is 8.40. The summed E-state index contributed by atoms with van der Waals surface area (Å²) in [6.07, 6.45) is 0. The maximum atomic E-state index is 12.3. The minimum atomic E-state index is -0.408. The highest BCUT2D eigenvalue weighted by Crippen LogP contribution is 2.41. The molecule has 2 aromatic carbocycles. The number of carbonyl (C=O) groups excluding carboxylic acids is 1. The summed E-state index contributed by atoms with van der Waals surface area (Å²) in [4.78, 5) is 12.3. The molecule has 0 saturated heterocycles. The standard InChI is InChI=1S/C21H25BrN2O2/c1-20(2,3)16-11-15(12-17(18(16)25)21(4,5)6)23-24-19(26)13-8-7-9-14(22)10-13/h7-12,25H,1-6H3. The number of phenols is 1. The fourth-order valence-electron chi connectivity index (χ4n) is 2.60. The molecule has 0 radical (unpaired) electrons. The van der Waals surface area contributed by atoms with Crippen LogP contribution in [0, 0.1) is 0 Å². The van der Waals surface area contributed by atoms with E-state index in [0.29, 0.717) is 11.3 Å². The van der Waals surface area contributed by atoms with Crippen molar-refractivity contribution in [2.45, 2.75) is 52.4 Å². The number of azo groups is 1. The third-order valence-electron chi connectivity index (χ3n) is 4.04. The van der Waals surface area contributed by atoms with Crippen LogP contribution < -0.4 is 0 Å². The topological polar surface area (TPSA) is 62.0 Å². The van der Waals surface area contributed by atoms with Crippen LogP contribution in [0.25, 0.3) is 0 Å². The Morgan fingerprint density at radius 1 is 0.962 bits per heavy atom. The van der Waals surface area contributed by atoms with Crippen LogP contribution in [-0.2, 0) is 10.8 Å². The van der Waals surface area contributed by atoms with Gasteiger partial charge >= 0.3 is 0 Å².